The van der Waals surface area contributed by atoms with Crippen molar-refractivity contribution in [3.05, 3.63) is 24.3 Å². The molecule has 1 nitrogen and oxygen atoms in total. The van der Waals surface area contributed by atoms with Crippen LogP contribution in [0.3, 0.4) is 0 Å². The second-order valence-electron chi connectivity index (χ2n) is 3.65. The van der Waals surface area contributed by atoms with Crippen LogP contribution in [0.1, 0.15) is 51.9 Å². The SMILES string of the molecule is CCCCCCCC/C=C/C=C/CN. The molecule has 0 atom stereocenters. The lowest BCUT2D eigenvalue weighted by molar-refractivity contribution is 0.611. The Morgan fingerprint density at radius 3 is 2.21 bits per heavy atom. The van der Waals surface area contributed by atoms with Crippen LogP contribution in [0, 0.1) is 0 Å². The van der Waals surface area contributed by atoms with Crippen molar-refractivity contribution in [3.63, 3.8) is 0 Å². The third-order valence-electron chi connectivity index (χ3n) is 2.24. The van der Waals surface area contributed by atoms with Gasteiger partial charge in [-0.15, -0.1) is 0 Å². The van der Waals surface area contributed by atoms with Crippen LogP contribution in [-0.4, -0.2) is 6.54 Å². The van der Waals surface area contributed by atoms with Gasteiger partial charge in [-0.25, -0.2) is 0 Å². The molecule has 0 radical (unpaired) electrons. The Morgan fingerprint density at radius 2 is 1.50 bits per heavy atom. The summed E-state index contributed by atoms with van der Waals surface area (Å²) in [5.41, 5.74) is 5.32. The average Bonchev–Trinajstić information content (AvgIpc) is 2.21. The Labute approximate surface area is 89.1 Å². The molecule has 0 heterocycles. The largest absolute Gasteiger partial charge is 0.327 e. The molecule has 0 unspecified atom stereocenters. The van der Waals surface area contributed by atoms with Gasteiger partial charge in [-0.1, -0.05) is 63.3 Å². The fraction of sp³-hybridized carbons (Fsp3) is 0.692. The maximum Gasteiger partial charge on any atom is 0.0109 e. The molecule has 0 aliphatic rings. The quantitative estimate of drug-likeness (QED) is 0.439. The van der Waals surface area contributed by atoms with E-state index in [1.54, 1.807) is 0 Å². The summed E-state index contributed by atoms with van der Waals surface area (Å²) >= 11 is 0. The third kappa shape index (κ3) is 11.4. The zero-order chi connectivity index (χ0) is 10.5. The molecule has 0 amide bonds. The molecule has 0 spiro atoms. The molecule has 0 rings (SSSR count). The monoisotopic (exact) mass is 195 g/mol. The molecule has 0 aromatic heterocycles. The van der Waals surface area contributed by atoms with Gasteiger partial charge in [0.25, 0.3) is 0 Å². The van der Waals surface area contributed by atoms with Crippen LogP contribution in [0.4, 0.5) is 0 Å². The summed E-state index contributed by atoms with van der Waals surface area (Å²) in [6.07, 6.45) is 17.8. The first-order chi connectivity index (χ1) is 6.91. The van der Waals surface area contributed by atoms with E-state index in [9.17, 15) is 0 Å². The second-order valence-corrected chi connectivity index (χ2v) is 3.65. The lowest BCUT2D eigenvalue weighted by Crippen LogP contribution is -1.91. The molecule has 0 fully saturated rings. The van der Waals surface area contributed by atoms with Gasteiger partial charge in [0.2, 0.25) is 0 Å². The first-order valence-electron chi connectivity index (χ1n) is 5.93. The van der Waals surface area contributed by atoms with Crippen LogP contribution in [-0.2, 0) is 0 Å². The van der Waals surface area contributed by atoms with Crippen molar-refractivity contribution < 1.29 is 0 Å². The Kier molecular flexibility index (Phi) is 11.9. The molecule has 14 heavy (non-hydrogen) atoms. The summed E-state index contributed by atoms with van der Waals surface area (Å²) in [4.78, 5) is 0. The smallest absolute Gasteiger partial charge is 0.0109 e. The number of nitrogens with two attached hydrogens (primary N) is 1. The van der Waals surface area contributed by atoms with Crippen molar-refractivity contribution in [1.29, 1.82) is 0 Å². The van der Waals surface area contributed by atoms with Crippen LogP contribution in [0.2, 0.25) is 0 Å². The number of unbranched alkanes of at least 4 members (excludes halogenated alkanes) is 6. The van der Waals surface area contributed by atoms with E-state index in [1.165, 1.54) is 44.9 Å². The van der Waals surface area contributed by atoms with Gasteiger partial charge >= 0.3 is 0 Å². The van der Waals surface area contributed by atoms with Crippen molar-refractivity contribution in [2.24, 2.45) is 5.73 Å². The van der Waals surface area contributed by atoms with E-state index >= 15 is 0 Å². The van der Waals surface area contributed by atoms with Crippen molar-refractivity contribution in [2.75, 3.05) is 6.54 Å². The highest BCUT2D eigenvalue weighted by Gasteiger charge is 1.87. The summed E-state index contributed by atoms with van der Waals surface area (Å²) in [6.45, 7) is 2.90. The van der Waals surface area contributed by atoms with Crippen molar-refractivity contribution in [1.82, 2.24) is 0 Å². The van der Waals surface area contributed by atoms with E-state index in [0.717, 1.165) is 0 Å². The minimum Gasteiger partial charge on any atom is -0.327 e. The fourth-order valence-corrected chi connectivity index (χ4v) is 1.37. The minimum absolute atomic E-state index is 0.640. The number of allylic oxidation sites excluding steroid dienone is 3. The molecule has 0 saturated carbocycles. The Balaban J connectivity index is 3.05. The van der Waals surface area contributed by atoms with Gasteiger partial charge in [0, 0.05) is 6.54 Å². The van der Waals surface area contributed by atoms with Gasteiger partial charge < -0.3 is 5.73 Å². The molecule has 0 aromatic rings. The lowest BCUT2D eigenvalue weighted by atomic mass is 10.1. The van der Waals surface area contributed by atoms with Crippen LogP contribution < -0.4 is 5.73 Å². The summed E-state index contributed by atoms with van der Waals surface area (Å²) in [7, 11) is 0. The molecule has 0 aromatic carbocycles. The summed E-state index contributed by atoms with van der Waals surface area (Å²) in [5.74, 6) is 0. The van der Waals surface area contributed by atoms with Crippen LogP contribution in [0.5, 0.6) is 0 Å². The lowest BCUT2D eigenvalue weighted by Gasteiger charge is -1.97. The molecule has 82 valence electrons. The van der Waals surface area contributed by atoms with Gasteiger partial charge in [-0.2, -0.15) is 0 Å². The number of hydrogen-bond donors (Lipinski definition) is 1. The maximum atomic E-state index is 5.32. The average molecular weight is 195 g/mol. The van der Waals surface area contributed by atoms with E-state index in [1.807, 2.05) is 12.2 Å². The van der Waals surface area contributed by atoms with Crippen LogP contribution in [0.15, 0.2) is 24.3 Å². The topological polar surface area (TPSA) is 26.0 Å². The highest BCUT2D eigenvalue weighted by atomic mass is 14.5. The van der Waals surface area contributed by atoms with E-state index in [4.69, 9.17) is 5.73 Å². The number of rotatable bonds is 9. The van der Waals surface area contributed by atoms with Gasteiger partial charge in [0.05, 0.1) is 0 Å². The first kappa shape index (κ1) is 13.4. The maximum absolute atomic E-state index is 5.32. The molecule has 1 heteroatoms. The molecule has 2 N–H and O–H groups in total. The second kappa shape index (κ2) is 12.4. The molecular formula is C13H25N. The zero-order valence-electron chi connectivity index (χ0n) is 9.54. The van der Waals surface area contributed by atoms with E-state index in [-0.39, 0.29) is 0 Å². The third-order valence-corrected chi connectivity index (χ3v) is 2.24. The van der Waals surface area contributed by atoms with Crippen molar-refractivity contribution >= 4 is 0 Å². The van der Waals surface area contributed by atoms with Crippen LogP contribution >= 0.6 is 0 Å². The normalized spacial score (nSPS) is 11.9. The predicted molar refractivity (Wildman–Crippen MR) is 65.3 cm³/mol. The first-order valence-corrected chi connectivity index (χ1v) is 5.93. The van der Waals surface area contributed by atoms with Crippen molar-refractivity contribution in [2.45, 2.75) is 51.9 Å². The van der Waals surface area contributed by atoms with Gasteiger partial charge in [0.15, 0.2) is 0 Å². The Morgan fingerprint density at radius 1 is 0.857 bits per heavy atom. The summed E-state index contributed by atoms with van der Waals surface area (Å²) in [6, 6.07) is 0. The van der Waals surface area contributed by atoms with Crippen LogP contribution in [0.25, 0.3) is 0 Å². The Bertz CT molecular complexity index is 147. The predicted octanol–water partition coefficient (Wildman–Crippen LogP) is 3.81. The fourth-order valence-electron chi connectivity index (χ4n) is 1.37. The molecule has 0 aliphatic heterocycles. The highest BCUT2D eigenvalue weighted by molar-refractivity contribution is 5.02. The van der Waals surface area contributed by atoms with Gasteiger partial charge in [-0.05, 0) is 12.8 Å². The summed E-state index contributed by atoms with van der Waals surface area (Å²) < 4.78 is 0. The molecule has 0 aliphatic carbocycles. The zero-order valence-corrected chi connectivity index (χ0v) is 9.54. The van der Waals surface area contributed by atoms with Crippen molar-refractivity contribution in [3.8, 4) is 0 Å². The van der Waals surface area contributed by atoms with E-state index < -0.39 is 0 Å². The highest BCUT2D eigenvalue weighted by Crippen LogP contribution is 2.06. The summed E-state index contributed by atoms with van der Waals surface area (Å²) in [5, 5.41) is 0. The van der Waals surface area contributed by atoms with E-state index in [0.29, 0.717) is 6.54 Å². The van der Waals surface area contributed by atoms with Gasteiger partial charge in [-0.3, -0.25) is 0 Å². The number of hydrogen-bond acceptors (Lipinski definition) is 1. The van der Waals surface area contributed by atoms with Gasteiger partial charge in [0.1, 0.15) is 0 Å². The van der Waals surface area contributed by atoms with E-state index in [2.05, 4.69) is 19.1 Å². The standard InChI is InChI=1S/C13H25N/c1-2-3-4-5-6-7-8-9-10-11-12-13-14/h9-12H,2-8,13-14H2,1H3/b10-9+,12-11+. The molecule has 0 bridgehead atoms. The molecular weight excluding hydrogens is 170 g/mol. The minimum atomic E-state index is 0.640. The Hall–Kier alpha value is -0.560. The molecule has 0 saturated heterocycles.